The lowest BCUT2D eigenvalue weighted by Crippen LogP contribution is -2.48. The molecule has 1 amide bonds. The minimum absolute atomic E-state index is 0.00354. The van der Waals surface area contributed by atoms with Gasteiger partial charge in [-0.15, -0.1) is 0 Å². The van der Waals surface area contributed by atoms with Gasteiger partial charge in [0.1, 0.15) is 5.69 Å². The number of para-hydroxylation sites is 1. The number of carbonyl (C=O) groups is 1. The Hall–Kier alpha value is -4.06. The first-order valence-electron chi connectivity index (χ1n) is 14.8. The smallest absolute Gasteiger partial charge is 0.296 e. The van der Waals surface area contributed by atoms with Crippen LogP contribution in [0.15, 0.2) is 76.4 Å². The van der Waals surface area contributed by atoms with E-state index >= 15 is 0 Å². The van der Waals surface area contributed by atoms with Crippen LogP contribution in [0, 0.1) is 13.8 Å². The minimum atomic E-state index is -4.25. The number of nitrogens with zero attached hydrogens (tertiary/aromatic N) is 5. The van der Waals surface area contributed by atoms with E-state index in [4.69, 9.17) is 11.6 Å². The summed E-state index contributed by atoms with van der Waals surface area (Å²) in [6, 6.07) is 19.3. The summed E-state index contributed by atoms with van der Waals surface area (Å²) >= 11 is 6.43. The zero-order valence-corrected chi connectivity index (χ0v) is 28.0. The fourth-order valence-corrected chi connectivity index (χ4v) is 7.22. The van der Waals surface area contributed by atoms with Crippen molar-refractivity contribution in [2.45, 2.75) is 38.6 Å². The number of piperazine rings is 1. The van der Waals surface area contributed by atoms with Crippen molar-refractivity contribution in [2.75, 3.05) is 47.7 Å². The van der Waals surface area contributed by atoms with Gasteiger partial charge < -0.3 is 10.2 Å². The maximum absolute atomic E-state index is 13.9. The highest BCUT2D eigenvalue weighted by atomic mass is 35.5. The molecular formula is C33H39ClN6O4S. The van der Waals surface area contributed by atoms with Crippen LogP contribution >= 0.6 is 11.6 Å². The van der Waals surface area contributed by atoms with Gasteiger partial charge in [-0.05, 0) is 81.8 Å². The number of hydrogen-bond acceptors (Lipinski definition) is 6. The molecule has 0 unspecified atom stereocenters. The van der Waals surface area contributed by atoms with Gasteiger partial charge in [-0.2, -0.15) is 0 Å². The maximum atomic E-state index is 13.9. The molecule has 1 N–H and O–H groups in total. The zero-order valence-electron chi connectivity index (χ0n) is 26.4. The van der Waals surface area contributed by atoms with Crippen molar-refractivity contribution < 1.29 is 13.2 Å². The number of benzene rings is 3. The van der Waals surface area contributed by atoms with Crippen LogP contribution in [0.2, 0.25) is 5.02 Å². The molecule has 1 aliphatic rings. The Balaban J connectivity index is 1.41. The van der Waals surface area contributed by atoms with E-state index in [1.807, 2.05) is 25.1 Å². The number of aromatic nitrogens is 2. The van der Waals surface area contributed by atoms with Crippen molar-refractivity contribution in [2.24, 2.45) is 7.05 Å². The molecule has 1 aromatic heterocycles. The molecule has 1 aliphatic heterocycles. The highest BCUT2D eigenvalue weighted by molar-refractivity contribution is 7.92. The van der Waals surface area contributed by atoms with Gasteiger partial charge >= 0.3 is 0 Å². The molecule has 12 heteroatoms. The van der Waals surface area contributed by atoms with E-state index in [2.05, 4.69) is 35.0 Å². The third kappa shape index (κ3) is 6.38. The van der Waals surface area contributed by atoms with Crippen molar-refractivity contribution in [3.63, 3.8) is 0 Å². The van der Waals surface area contributed by atoms with Crippen LogP contribution in [0.25, 0.3) is 5.69 Å². The fourth-order valence-electron chi connectivity index (χ4n) is 5.75. The number of amides is 1. The predicted molar refractivity (Wildman–Crippen MR) is 181 cm³/mol. The highest BCUT2D eigenvalue weighted by Gasteiger charge is 2.30. The summed E-state index contributed by atoms with van der Waals surface area (Å²) in [5.74, 6) is -0.539. The van der Waals surface area contributed by atoms with Crippen molar-refractivity contribution in [3.05, 3.63) is 98.9 Å². The van der Waals surface area contributed by atoms with Crippen LogP contribution < -0.4 is 20.1 Å². The Labute approximate surface area is 269 Å². The van der Waals surface area contributed by atoms with Gasteiger partial charge in [-0.1, -0.05) is 29.8 Å². The molecule has 5 rings (SSSR count). The number of hydrogen-bond donors (Lipinski definition) is 1. The van der Waals surface area contributed by atoms with E-state index < -0.39 is 21.5 Å². The largest absolute Gasteiger partial charge is 0.369 e. The molecule has 1 saturated heterocycles. The molecule has 0 spiro atoms. The molecule has 238 valence electrons. The third-order valence-corrected chi connectivity index (χ3v) is 10.5. The van der Waals surface area contributed by atoms with Crippen LogP contribution in [0.4, 0.5) is 17.1 Å². The Morgan fingerprint density at radius 1 is 0.933 bits per heavy atom. The van der Waals surface area contributed by atoms with E-state index in [0.717, 1.165) is 41.7 Å². The highest BCUT2D eigenvalue weighted by Crippen LogP contribution is 2.29. The van der Waals surface area contributed by atoms with Crippen LogP contribution in [-0.4, -0.2) is 67.9 Å². The summed E-state index contributed by atoms with van der Waals surface area (Å²) in [6.07, 6.45) is 0. The quantitative estimate of drug-likeness (QED) is 0.286. The van der Waals surface area contributed by atoms with Crippen molar-refractivity contribution in [1.82, 2.24) is 14.3 Å². The molecule has 10 nitrogen and oxygen atoms in total. The Bertz CT molecular complexity index is 1890. The number of rotatable bonds is 8. The Kier molecular flexibility index (Phi) is 9.16. The van der Waals surface area contributed by atoms with E-state index in [-0.39, 0.29) is 21.2 Å². The molecule has 0 bridgehead atoms. The summed E-state index contributed by atoms with van der Waals surface area (Å²) in [6.45, 7) is 11.7. The van der Waals surface area contributed by atoms with E-state index in [0.29, 0.717) is 23.1 Å². The molecule has 4 aromatic rings. The maximum Gasteiger partial charge on any atom is 0.296 e. The van der Waals surface area contributed by atoms with Gasteiger partial charge in [0.15, 0.2) is 0 Å². The monoisotopic (exact) mass is 650 g/mol. The second-order valence-corrected chi connectivity index (χ2v) is 14.0. The predicted octanol–water partition coefficient (Wildman–Crippen LogP) is 5.05. The van der Waals surface area contributed by atoms with Gasteiger partial charge in [-0.3, -0.25) is 23.5 Å². The zero-order chi connectivity index (χ0) is 32.6. The van der Waals surface area contributed by atoms with Gasteiger partial charge in [0.2, 0.25) is 0 Å². The van der Waals surface area contributed by atoms with Gasteiger partial charge in [0, 0.05) is 57.7 Å². The van der Waals surface area contributed by atoms with Crippen LogP contribution in [0.5, 0.6) is 0 Å². The lowest BCUT2D eigenvalue weighted by Gasteiger charge is -2.38. The topological polar surface area (TPSA) is 99.9 Å². The lowest BCUT2D eigenvalue weighted by atomic mass is 10.1. The number of sulfonamides is 1. The Morgan fingerprint density at radius 3 is 2.24 bits per heavy atom. The summed E-state index contributed by atoms with van der Waals surface area (Å²) in [5, 5.41) is 3.01. The van der Waals surface area contributed by atoms with Crippen molar-refractivity contribution in [1.29, 1.82) is 0 Å². The van der Waals surface area contributed by atoms with Crippen molar-refractivity contribution >= 4 is 44.6 Å². The first-order valence-corrected chi connectivity index (χ1v) is 16.7. The molecule has 1 fully saturated rings. The normalized spacial score (nSPS) is 14.2. The van der Waals surface area contributed by atoms with Gasteiger partial charge in [0.05, 0.1) is 26.9 Å². The second-order valence-electron chi connectivity index (χ2n) is 11.7. The molecule has 0 atom stereocenters. The third-order valence-electron chi connectivity index (χ3n) is 8.41. The number of nitrogens with one attached hydrogen (secondary N) is 1. The van der Waals surface area contributed by atoms with Crippen LogP contribution in [0.3, 0.4) is 0 Å². The first kappa shape index (κ1) is 32.3. The standard InChI is InChI=1S/C33H39ClN6O4S/c1-22(2)38-14-16-39(17-15-38)27-19-23(3)18-25(20-27)35-32(41)29-21-28(12-13-30(29)34)45(43,44)37(6)31-24(4)36(5)40(33(31)42)26-10-8-7-9-11-26/h7-13,18-22H,14-17H2,1-6H3,(H,35,41). The molecule has 0 saturated carbocycles. The van der Waals surface area contributed by atoms with E-state index in [1.54, 1.807) is 42.9 Å². The average Bonchev–Trinajstić information content (AvgIpc) is 3.23. The first-order chi connectivity index (χ1) is 21.3. The van der Waals surface area contributed by atoms with E-state index in [1.165, 1.54) is 29.9 Å². The molecule has 3 aromatic carbocycles. The molecule has 0 radical (unpaired) electrons. The van der Waals surface area contributed by atoms with Crippen LogP contribution in [-0.2, 0) is 17.1 Å². The SMILES string of the molecule is Cc1cc(NC(=O)c2cc(S(=O)(=O)N(C)c3c(C)n(C)n(-c4ccccc4)c3=O)ccc2Cl)cc(N2CCN(C(C)C)CC2)c1. The summed E-state index contributed by atoms with van der Waals surface area (Å²) < 4.78 is 31.7. The minimum Gasteiger partial charge on any atom is -0.369 e. The lowest BCUT2D eigenvalue weighted by molar-refractivity contribution is 0.102. The van der Waals surface area contributed by atoms with Crippen molar-refractivity contribution in [3.8, 4) is 5.69 Å². The molecule has 45 heavy (non-hydrogen) atoms. The number of halogens is 1. The molecule has 2 heterocycles. The fraction of sp³-hybridized carbons (Fsp3) is 0.333. The summed E-state index contributed by atoms with van der Waals surface area (Å²) in [5.41, 5.74) is 3.17. The van der Waals surface area contributed by atoms with Crippen LogP contribution in [0.1, 0.15) is 35.5 Å². The van der Waals surface area contributed by atoms with Gasteiger partial charge in [-0.25, -0.2) is 13.1 Å². The average molecular weight is 651 g/mol. The second kappa shape index (κ2) is 12.7. The molecular weight excluding hydrogens is 612 g/mol. The number of carbonyl (C=O) groups excluding carboxylic acids is 1. The summed E-state index contributed by atoms with van der Waals surface area (Å²) in [4.78, 5) is 31.6. The number of aryl methyl sites for hydroxylation is 1. The number of anilines is 3. The van der Waals surface area contributed by atoms with Gasteiger partial charge in [0.25, 0.3) is 21.5 Å². The molecule has 0 aliphatic carbocycles. The van der Waals surface area contributed by atoms with E-state index in [9.17, 15) is 18.0 Å². The summed E-state index contributed by atoms with van der Waals surface area (Å²) in [7, 11) is -1.22. The Morgan fingerprint density at radius 2 is 1.60 bits per heavy atom.